The first kappa shape index (κ1) is 10.9. The summed E-state index contributed by atoms with van der Waals surface area (Å²) in [6, 6.07) is 0. The van der Waals surface area contributed by atoms with Crippen molar-refractivity contribution in [3.8, 4) is 0 Å². The van der Waals surface area contributed by atoms with Crippen molar-refractivity contribution in [1.82, 2.24) is 19.9 Å². The third kappa shape index (κ3) is 1.58. The number of hydrogen-bond donors (Lipinski definition) is 3. The topological polar surface area (TPSA) is 121 Å². The zero-order valence-electron chi connectivity index (χ0n) is 9.50. The van der Waals surface area contributed by atoms with Crippen molar-refractivity contribution in [3.63, 3.8) is 0 Å². The Kier molecular flexibility index (Phi) is 2.37. The van der Waals surface area contributed by atoms with Crippen molar-refractivity contribution in [2.75, 3.05) is 23.8 Å². The van der Waals surface area contributed by atoms with Gasteiger partial charge in [0.1, 0.15) is 5.52 Å². The highest BCUT2D eigenvalue weighted by atomic mass is 16.3. The van der Waals surface area contributed by atoms with Gasteiger partial charge < -0.3 is 15.8 Å². The molecule has 0 saturated carbocycles. The highest BCUT2D eigenvalue weighted by Crippen LogP contribution is 2.24. The molecule has 0 aliphatic carbocycles. The van der Waals surface area contributed by atoms with E-state index in [4.69, 9.17) is 10.8 Å². The summed E-state index contributed by atoms with van der Waals surface area (Å²) in [4.78, 5) is 28.3. The minimum absolute atomic E-state index is 0.0254. The molecule has 4 N–H and O–H groups in total. The maximum atomic E-state index is 11.8. The molecule has 1 aliphatic rings. The van der Waals surface area contributed by atoms with E-state index in [0.29, 0.717) is 24.1 Å². The van der Waals surface area contributed by atoms with Crippen LogP contribution in [0.25, 0.3) is 11.2 Å². The quantitative estimate of drug-likeness (QED) is 0.645. The predicted molar refractivity (Wildman–Crippen MR) is 63.6 cm³/mol. The summed E-state index contributed by atoms with van der Waals surface area (Å²) in [5.41, 5.74) is 6.76. The number of aromatic nitrogens is 4. The van der Waals surface area contributed by atoms with Gasteiger partial charge in [-0.15, -0.1) is 0 Å². The Morgan fingerprint density at radius 1 is 1.56 bits per heavy atom. The molecule has 0 radical (unpaired) electrons. The van der Waals surface area contributed by atoms with E-state index in [1.807, 2.05) is 0 Å². The van der Waals surface area contributed by atoms with E-state index in [2.05, 4.69) is 19.9 Å². The zero-order chi connectivity index (χ0) is 12.7. The van der Waals surface area contributed by atoms with E-state index in [1.165, 1.54) is 11.2 Å². The highest BCUT2D eigenvalue weighted by Gasteiger charge is 2.32. The van der Waals surface area contributed by atoms with Gasteiger partial charge >= 0.3 is 0 Å². The Morgan fingerprint density at radius 3 is 3.11 bits per heavy atom. The number of aromatic amines is 1. The number of carbonyl (C=O) groups is 1. The standard InChI is InChI=1S/C10H12N6O2/c11-8-7-9(13-4-12-7)15-10(14-8)16-2-5(3-17)1-6(16)18/h4-5,17H,1-3H2,(H3,11,12,13,14,15). The van der Waals surface area contributed by atoms with Gasteiger partial charge in [0, 0.05) is 25.5 Å². The normalized spacial score (nSPS) is 19.9. The third-order valence-corrected chi connectivity index (χ3v) is 3.01. The van der Waals surface area contributed by atoms with Crippen molar-refractivity contribution in [2.45, 2.75) is 6.42 Å². The van der Waals surface area contributed by atoms with Gasteiger partial charge in [0.15, 0.2) is 11.5 Å². The van der Waals surface area contributed by atoms with Gasteiger partial charge in [-0.1, -0.05) is 0 Å². The van der Waals surface area contributed by atoms with E-state index >= 15 is 0 Å². The number of nitrogen functional groups attached to an aromatic ring is 1. The minimum Gasteiger partial charge on any atom is -0.396 e. The molecule has 0 aromatic carbocycles. The number of hydrogen-bond acceptors (Lipinski definition) is 6. The lowest BCUT2D eigenvalue weighted by Gasteiger charge is -2.14. The molecule has 3 rings (SSSR count). The van der Waals surface area contributed by atoms with E-state index in [-0.39, 0.29) is 30.2 Å². The minimum atomic E-state index is -0.108. The highest BCUT2D eigenvalue weighted by molar-refractivity contribution is 5.95. The van der Waals surface area contributed by atoms with Crippen molar-refractivity contribution in [1.29, 1.82) is 0 Å². The van der Waals surface area contributed by atoms with Gasteiger partial charge in [0.05, 0.1) is 6.33 Å². The second-order valence-corrected chi connectivity index (χ2v) is 4.27. The summed E-state index contributed by atoms with van der Waals surface area (Å²) in [6.45, 7) is 0.382. The lowest BCUT2D eigenvalue weighted by molar-refractivity contribution is -0.117. The number of aliphatic hydroxyl groups excluding tert-OH is 1. The number of nitrogens with one attached hydrogen (secondary N) is 1. The van der Waals surface area contributed by atoms with Crippen LogP contribution in [0.3, 0.4) is 0 Å². The predicted octanol–water partition coefficient (Wildman–Crippen LogP) is -0.720. The number of carbonyl (C=O) groups excluding carboxylic acids is 1. The fourth-order valence-corrected chi connectivity index (χ4v) is 2.06. The number of rotatable bonds is 2. The van der Waals surface area contributed by atoms with Gasteiger partial charge in [-0.25, -0.2) is 4.98 Å². The monoisotopic (exact) mass is 248 g/mol. The van der Waals surface area contributed by atoms with Gasteiger partial charge in [0.2, 0.25) is 11.9 Å². The Balaban J connectivity index is 2.01. The number of nitrogens with zero attached hydrogens (tertiary/aromatic N) is 4. The summed E-state index contributed by atoms with van der Waals surface area (Å²) in [6.07, 6.45) is 1.78. The van der Waals surface area contributed by atoms with Gasteiger partial charge in [-0.3, -0.25) is 9.69 Å². The molecular formula is C10H12N6O2. The van der Waals surface area contributed by atoms with Crippen molar-refractivity contribution >= 4 is 28.8 Å². The summed E-state index contributed by atoms with van der Waals surface area (Å²) in [5, 5.41) is 9.08. The Bertz CT molecular complexity index is 609. The molecule has 1 amide bonds. The van der Waals surface area contributed by atoms with Crippen LogP contribution in [-0.2, 0) is 4.79 Å². The van der Waals surface area contributed by atoms with Gasteiger partial charge in [-0.05, 0) is 0 Å². The van der Waals surface area contributed by atoms with Crippen molar-refractivity contribution in [3.05, 3.63) is 6.33 Å². The van der Waals surface area contributed by atoms with Crippen LogP contribution in [0, 0.1) is 5.92 Å². The molecule has 8 nitrogen and oxygen atoms in total. The molecule has 3 heterocycles. The first-order valence-corrected chi connectivity index (χ1v) is 5.57. The largest absolute Gasteiger partial charge is 0.396 e. The van der Waals surface area contributed by atoms with Crippen molar-refractivity contribution in [2.24, 2.45) is 5.92 Å². The Morgan fingerprint density at radius 2 is 2.39 bits per heavy atom. The lowest BCUT2D eigenvalue weighted by atomic mass is 10.1. The molecule has 94 valence electrons. The summed E-state index contributed by atoms with van der Waals surface area (Å²) in [7, 11) is 0. The first-order chi connectivity index (χ1) is 8.69. The maximum absolute atomic E-state index is 11.8. The summed E-state index contributed by atoms with van der Waals surface area (Å²) >= 11 is 0. The number of amides is 1. The van der Waals surface area contributed by atoms with Gasteiger partial charge in [-0.2, -0.15) is 9.97 Å². The molecule has 1 unspecified atom stereocenters. The Labute approximate surface area is 102 Å². The second-order valence-electron chi connectivity index (χ2n) is 4.27. The fraction of sp³-hybridized carbons (Fsp3) is 0.400. The van der Waals surface area contributed by atoms with Crippen LogP contribution in [0.15, 0.2) is 6.33 Å². The zero-order valence-corrected chi connectivity index (χ0v) is 9.50. The van der Waals surface area contributed by atoms with Crippen LogP contribution in [0.4, 0.5) is 11.8 Å². The number of H-pyrrole nitrogens is 1. The van der Waals surface area contributed by atoms with Gasteiger partial charge in [0.25, 0.3) is 0 Å². The average molecular weight is 248 g/mol. The molecule has 1 atom stereocenters. The first-order valence-electron chi connectivity index (χ1n) is 5.57. The number of fused-ring (bicyclic) bond motifs is 1. The average Bonchev–Trinajstić information content (AvgIpc) is 2.95. The molecule has 1 fully saturated rings. The molecule has 1 saturated heterocycles. The number of anilines is 2. The summed E-state index contributed by atoms with van der Waals surface area (Å²) < 4.78 is 0. The van der Waals surface area contributed by atoms with Crippen LogP contribution in [0.1, 0.15) is 6.42 Å². The lowest BCUT2D eigenvalue weighted by Crippen LogP contribution is -2.27. The number of aliphatic hydroxyl groups is 1. The maximum Gasteiger partial charge on any atom is 0.236 e. The van der Waals surface area contributed by atoms with E-state index in [9.17, 15) is 4.79 Å². The number of imidazole rings is 1. The van der Waals surface area contributed by atoms with Crippen LogP contribution in [-0.4, -0.2) is 44.1 Å². The van der Waals surface area contributed by atoms with E-state index in [0.717, 1.165) is 0 Å². The van der Waals surface area contributed by atoms with E-state index in [1.54, 1.807) is 0 Å². The third-order valence-electron chi connectivity index (χ3n) is 3.01. The molecule has 0 spiro atoms. The second kappa shape index (κ2) is 3.91. The molecule has 2 aromatic rings. The molecule has 2 aromatic heterocycles. The van der Waals surface area contributed by atoms with Crippen LogP contribution in [0.2, 0.25) is 0 Å². The van der Waals surface area contributed by atoms with Crippen LogP contribution < -0.4 is 10.6 Å². The SMILES string of the molecule is Nc1nc(N2CC(CO)CC2=O)nc2nc[nH]c12. The molecule has 1 aliphatic heterocycles. The van der Waals surface area contributed by atoms with Crippen LogP contribution >= 0.6 is 0 Å². The molecular weight excluding hydrogens is 236 g/mol. The van der Waals surface area contributed by atoms with Crippen LogP contribution in [0.5, 0.6) is 0 Å². The smallest absolute Gasteiger partial charge is 0.236 e. The molecule has 18 heavy (non-hydrogen) atoms. The number of nitrogens with two attached hydrogens (primary N) is 1. The van der Waals surface area contributed by atoms with Crippen molar-refractivity contribution < 1.29 is 9.90 Å². The summed E-state index contributed by atoms with van der Waals surface area (Å²) in [5.74, 6) is 0.321. The molecule has 8 heteroatoms. The van der Waals surface area contributed by atoms with E-state index < -0.39 is 0 Å². The Hall–Kier alpha value is -2.22. The molecule has 0 bridgehead atoms. The fourth-order valence-electron chi connectivity index (χ4n) is 2.06.